The van der Waals surface area contributed by atoms with Gasteiger partial charge in [0.1, 0.15) is 0 Å². The SMILES string of the molecule is COCCNC(C)Cc1cccc(NC(C)=O)c1. The highest BCUT2D eigenvalue weighted by atomic mass is 16.5. The van der Waals surface area contributed by atoms with Crippen molar-refractivity contribution in [3.05, 3.63) is 29.8 Å². The van der Waals surface area contributed by atoms with Crippen molar-refractivity contribution >= 4 is 11.6 Å². The molecule has 1 rings (SSSR count). The number of rotatable bonds is 7. The minimum Gasteiger partial charge on any atom is -0.383 e. The summed E-state index contributed by atoms with van der Waals surface area (Å²) < 4.78 is 5.00. The van der Waals surface area contributed by atoms with Crippen molar-refractivity contribution < 1.29 is 9.53 Å². The van der Waals surface area contributed by atoms with E-state index in [2.05, 4.69) is 23.6 Å². The van der Waals surface area contributed by atoms with E-state index in [1.807, 2.05) is 18.2 Å². The van der Waals surface area contributed by atoms with Gasteiger partial charge < -0.3 is 15.4 Å². The molecule has 100 valence electrons. The van der Waals surface area contributed by atoms with E-state index < -0.39 is 0 Å². The molecule has 1 aromatic carbocycles. The molecule has 1 unspecified atom stereocenters. The number of carbonyl (C=O) groups excluding carboxylic acids is 1. The van der Waals surface area contributed by atoms with Crippen molar-refractivity contribution in [3.63, 3.8) is 0 Å². The summed E-state index contributed by atoms with van der Waals surface area (Å²) >= 11 is 0. The molecule has 1 atom stereocenters. The Kier molecular flexibility index (Phi) is 6.39. The first-order valence-electron chi connectivity index (χ1n) is 6.20. The van der Waals surface area contributed by atoms with E-state index in [1.165, 1.54) is 12.5 Å². The summed E-state index contributed by atoms with van der Waals surface area (Å²) in [5.74, 6) is -0.0431. The van der Waals surface area contributed by atoms with Crippen LogP contribution in [0.15, 0.2) is 24.3 Å². The van der Waals surface area contributed by atoms with Crippen LogP contribution < -0.4 is 10.6 Å². The fraction of sp³-hybridized carbons (Fsp3) is 0.500. The highest BCUT2D eigenvalue weighted by Gasteiger charge is 2.04. The largest absolute Gasteiger partial charge is 0.383 e. The maximum Gasteiger partial charge on any atom is 0.221 e. The highest BCUT2D eigenvalue weighted by molar-refractivity contribution is 5.88. The molecule has 0 saturated carbocycles. The zero-order valence-corrected chi connectivity index (χ0v) is 11.3. The molecule has 0 saturated heterocycles. The van der Waals surface area contributed by atoms with Gasteiger partial charge in [-0.3, -0.25) is 4.79 Å². The summed E-state index contributed by atoms with van der Waals surface area (Å²) in [5.41, 5.74) is 2.06. The van der Waals surface area contributed by atoms with Gasteiger partial charge in [-0.2, -0.15) is 0 Å². The van der Waals surface area contributed by atoms with Crippen LogP contribution >= 0.6 is 0 Å². The zero-order chi connectivity index (χ0) is 13.4. The van der Waals surface area contributed by atoms with E-state index in [0.717, 1.165) is 25.3 Å². The van der Waals surface area contributed by atoms with E-state index in [0.29, 0.717) is 6.04 Å². The molecule has 0 bridgehead atoms. The van der Waals surface area contributed by atoms with Crippen molar-refractivity contribution in [2.24, 2.45) is 0 Å². The molecule has 4 nitrogen and oxygen atoms in total. The Bertz CT molecular complexity index is 380. The van der Waals surface area contributed by atoms with Crippen molar-refractivity contribution in [1.29, 1.82) is 0 Å². The second-order valence-electron chi connectivity index (χ2n) is 4.43. The summed E-state index contributed by atoms with van der Waals surface area (Å²) in [6.45, 7) is 5.22. The molecule has 0 radical (unpaired) electrons. The molecule has 0 aromatic heterocycles. The Morgan fingerprint density at radius 3 is 2.89 bits per heavy atom. The zero-order valence-electron chi connectivity index (χ0n) is 11.3. The molecule has 0 spiro atoms. The van der Waals surface area contributed by atoms with Gasteiger partial charge in [-0.15, -0.1) is 0 Å². The molecule has 0 aliphatic heterocycles. The van der Waals surface area contributed by atoms with Crippen molar-refractivity contribution in [2.75, 3.05) is 25.6 Å². The Balaban J connectivity index is 2.48. The number of nitrogens with one attached hydrogen (secondary N) is 2. The Morgan fingerprint density at radius 1 is 1.44 bits per heavy atom. The van der Waals surface area contributed by atoms with Gasteiger partial charge >= 0.3 is 0 Å². The van der Waals surface area contributed by atoms with Gasteiger partial charge in [-0.1, -0.05) is 12.1 Å². The van der Waals surface area contributed by atoms with Gasteiger partial charge in [-0.05, 0) is 31.0 Å². The lowest BCUT2D eigenvalue weighted by Crippen LogP contribution is -2.30. The van der Waals surface area contributed by atoms with Crippen molar-refractivity contribution in [2.45, 2.75) is 26.3 Å². The third kappa shape index (κ3) is 5.80. The molecular formula is C14H22N2O2. The van der Waals surface area contributed by atoms with Gasteiger partial charge in [0.2, 0.25) is 5.91 Å². The Morgan fingerprint density at radius 2 is 2.22 bits per heavy atom. The second-order valence-corrected chi connectivity index (χ2v) is 4.43. The van der Waals surface area contributed by atoms with Gasteiger partial charge in [0.05, 0.1) is 6.61 Å². The van der Waals surface area contributed by atoms with Gasteiger partial charge in [0, 0.05) is 32.3 Å². The highest BCUT2D eigenvalue weighted by Crippen LogP contribution is 2.12. The van der Waals surface area contributed by atoms with E-state index in [1.54, 1.807) is 7.11 Å². The van der Waals surface area contributed by atoms with Crippen LogP contribution in [-0.4, -0.2) is 32.2 Å². The Labute approximate surface area is 109 Å². The van der Waals surface area contributed by atoms with Crippen LogP contribution in [0.1, 0.15) is 19.4 Å². The van der Waals surface area contributed by atoms with E-state index in [9.17, 15) is 4.79 Å². The number of hydrogen-bond acceptors (Lipinski definition) is 3. The van der Waals surface area contributed by atoms with Gasteiger partial charge in [0.25, 0.3) is 0 Å². The minimum atomic E-state index is -0.0431. The predicted octanol–water partition coefficient (Wildman–Crippen LogP) is 1.81. The third-order valence-corrected chi connectivity index (χ3v) is 2.59. The molecule has 2 N–H and O–H groups in total. The smallest absolute Gasteiger partial charge is 0.221 e. The molecule has 0 aliphatic carbocycles. The molecule has 1 amide bonds. The van der Waals surface area contributed by atoms with Crippen LogP contribution in [0.25, 0.3) is 0 Å². The lowest BCUT2D eigenvalue weighted by Gasteiger charge is -2.14. The fourth-order valence-corrected chi connectivity index (χ4v) is 1.81. The number of ether oxygens (including phenoxy) is 1. The van der Waals surface area contributed by atoms with Crippen molar-refractivity contribution in [1.82, 2.24) is 5.32 Å². The average molecular weight is 250 g/mol. The second kappa shape index (κ2) is 7.84. The molecule has 4 heteroatoms. The first-order chi connectivity index (χ1) is 8.61. The molecular weight excluding hydrogens is 228 g/mol. The first-order valence-corrected chi connectivity index (χ1v) is 6.20. The third-order valence-electron chi connectivity index (χ3n) is 2.59. The summed E-state index contributed by atoms with van der Waals surface area (Å²) in [7, 11) is 1.70. The number of benzene rings is 1. The van der Waals surface area contributed by atoms with E-state index >= 15 is 0 Å². The minimum absolute atomic E-state index is 0.0431. The maximum absolute atomic E-state index is 11.0. The van der Waals surface area contributed by atoms with E-state index in [-0.39, 0.29) is 5.91 Å². The molecule has 0 heterocycles. The van der Waals surface area contributed by atoms with Gasteiger partial charge in [-0.25, -0.2) is 0 Å². The quantitative estimate of drug-likeness (QED) is 0.726. The van der Waals surface area contributed by atoms with Crippen LogP contribution in [-0.2, 0) is 16.0 Å². The summed E-state index contributed by atoms with van der Waals surface area (Å²) in [4.78, 5) is 11.0. The molecule has 18 heavy (non-hydrogen) atoms. The summed E-state index contributed by atoms with van der Waals surface area (Å²) in [6.07, 6.45) is 0.928. The standard InChI is InChI=1S/C14H22N2O2/c1-11(15-7-8-18-3)9-13-5-4-6-14(10-13)16-12(2)17/h4-6,10-11,15H,7-9H2,1-3H3,(H,16,17). The van der Waals surface area contributed by atoms with Crippen LogP contribution in [0.3, 0.4) is 0 Å². The normalized spacial score (nSPS) is 12.2. The number of methoxy groups -OCH3 is 1. The van der Waals surface area contributed by atoms with Crippen LogP contribution in [0.2, 0.25) is 0 Å². The number of amides is 1. The number of anilines is 1. The predicted molar refractivity (Wildman–Crippen MR) is 73.8 cm³/mol. The maximum atomic E-state index is 11.0. The van der Waals surface area contributed by atoms with Crippen LogP contribution in [0.5, 0.6) is 0 Å². The Hall–Kier alpha value is -1.39. The molecule has 0 aliphatic rings. The lowest BCUT2D eigenvalue weighted by molar-refractivity contribution is -0.114. The lowest BCUT2D eigenvalue weighted by atomic mass is 10.1. The first kappa shape index (κ1) is 14.7. The summed E-state index contributed by atoms with van der Waals surface area (Å²) in [6, 6.07) is 8.32. The van der Waals surface area contributed by atoms with Crippen LogP contribution in [0, 0.1) is 0 Å². The number of carbonyl (C=O) groups is 1. The number of hydrogen-bond donors (Lipinski definition) is 2. The van der Waals surface area contributed by atoms with Crippen molar-refractivity contribution in [3.8, 4) is 0 Å². The summed E-state index contributed by atoms with van der Waals surface area (Å²) in [5, 5.41) is 6.17. The molecule has 1 aromatic rings. The monoisotopic (exact) mass is 250 g/mol. The average Bonchev–Trinajstić information content (AvgIpc) is 2.28. The van der Waals surface area contributed by atoms with Crippen LogP contribution in [0.4, 0.5) is 5.69 Å². The molecule has 0 fully saturated rings. The fourth-order valence-electron chi connectivity index (χ4n) is 1.81. The van der Waals surface area contributed by atoms with E-state index in [4.69, 9.17) is 4.74 Å². The van der Waals surface area contributed by atoms with Gasteiger partial charge in [0.15, 0.2) is 0 Å². The topological polar surface area (TPSA) is 50.4 Å².